The van der Waals surface area contributed by atoms with Gasteiger partial charge in [-0.25, -0.2) is 4.39 Å². The molecular formula is C16H16FNOS. The van der Waals surface area contributed by atoms with Gasteiger partial charge in [0.25, 0.3) is 5.91 Å². The van der Waals surface area contributed by atoms with Crippen LogP contribution in [0.3, 0.4) is 0 Å². The summed E-state index contributed by atoms with van der Waals surface area (Å²) in [5.74, 6) is -0.728. The van der Waals surface area contributed by atoms with E-state index in [9.17, 15) is 9.18 Å². The van der Waals surface area contributed by atoms with Crippen molar-refractivity contribution < 1.29 is 9.18 Å². The van der Waals surface area contributed by atoms with Gasteiger partial charge in [0.1, 0.15) is 5.82 Å². The quantitative estimate of drug-likeness (QED) is 0.835. The van der Waals surface area contributed by atoms with Crippen LogP contribution in [0.5, 0.6) is 0 Å². The molecule has 0 aliphatic rings. The Morgan fingerprint density at radius 2 is 1.75 bits per heavy atom. The molecule has 4 heteroatoms. The molecule has 0 saturated carbocycles. The lowest BCUT2D eigenvalue weighted by molar-refractivity contribution is 0.102. The second-order valence-corrected chi connectivity index (χ2v) is 6.22. The SMILES string of the molecule is CC(C)Sc1ccccc1C(=O)Nc1ccccc1F. The van der Waals surface area contributed by atoms with Crippen LogP contribution in [0.1, 0.15) is 24.2 Å². The Hall–Kier alpha value is -1.81. The Morgan fingerprint density at radius 1 is 1.10 bits per heavy atom. The largest absolute Gasteiger partial charge is 0.319 e. The fraction of sp³-hybridized carbons (Fsp3) is 0.188. The molecule has 0 atom stereocenters. The number of para-hydroxylation sites is 1. The smallest absolute Gasteiger partial charge is 0.256 e. The van der Waals surface area contributed by atoms with Gasteiger partial charge in [0.2, 0.25) is 0 Å². The first-order valence-corrected chi connectivity index (χ1v) is 7.27. The molecule has 2 aromatic carbocycles. The number of halogens is 1. The molecule has 104 valence electrons. The van der Waals surface area contributed by atoms with Gasteiger partial charge in [-0.05, 0) is 24.3 Å². The molecule has 0 unspecified atom stereocenters. The highest BCUT2D eigenvalue weighted by Gasteiger charge is 2.13. The predicted octanol–water partition coefficient (Wildman–Crippen LogP) is 4.58. The van der Waals surface area contributed by atoms with E-state index in [4.69, 9.17) is 0 Å². The second kappa shape index (κ2) is 6.57. The minimum Gasteiger partial charge on any atom is -0.319 e. The Kier molecular flexibility index (Phi) is 4.79. The molecule has 2 aromatic rings. The van der Waals surface area contributed by atoms with E-state index in [1.807, 2.05) is 12.1 Å². The topological polar surface area (TPSA) is 29.1 Å². The number of carbonyl (C=O) groups is 1. The van der Waals surface area contributed by atoms with Crippen LogP contribution < -0.4 is 5.32 Å². The maximum Gasteiger partial charge on any atom is 0.256 e. The highest BCUT2D eigenvalue weighted by Crippen LogP contribution is 2.27. The van der Waals surface area contributed by atoms with Crippen LogP contribution in [-0.2, 0) is 0 Å². The summed E-state index contributed by atoms with van der Waals surface area (Å²) in [6.45, 7) is 4.13. The molecule has 1 N–H and O–H groups in total. The third kappa shape index (κ3) is 3.61. The molecule has 1 amide bonds. The highest BCUT2D eigenvalue weighted by atomic mass is 32.2. The number of thioether (sulfide) groups is 1. The fourth-order valence-corrected chi connectivity index (χ4v) is 2.72. The summed E-state index contributed by atoms with van der Waals surface area (Å²) >= 11 is 1.61. The molecular weight excluding hydrogens is 273 g/mol. The maximum atomic E-state index is 13.6. The summed E-state index contributed by atoms with van der Waals surface area (Å²) in [4.78, 5) is 13.2. The fourth-order valence-electron chi connectivity index (χ4n) is 1.76. The van der Waals surface area contributed by atoms with Gasteiger partial charge in [-0.1, -0.05) is 38.1 Å². The second-order valence-electron chi connectivity index (χ2n) is 4.60. The van der Waals surface area contributed by atoms with E-state index in [0.717, 1.165) is 4.90 Å². The van der Waals surface area contributed by atoms with E-state index >= 15 is 0 Å². The van der Waals surface area contributed by atoms with Gasteiger partial charge < -0.3 is 5.32 Å². The molecule has 0 saturated heterocycles. The minimum atomic E-state index is -0.435. The van der Waals surface area contributed by atoms with Crippen molar-refractivity contribution in [3.63, 3.8) is 0 Å². The monoisotopic (exact) mass is 289 g/mol. The van der Waals surface area contributed by atoms with Gasteiger partial charge in [0, 0.05) is 10.1 Å². The Balaban J connectivity index is 2.23. The lowest BCUT2D eigenvalue weighted by Crippen LogP contribution is -2.14. The number of hydrogen-bond donors (Lipinski definition) is 1. The summed E-state index contributed by atoms with van der Waals surface area (Å²) < 4.78 is 13.6. The molecule has 2 rings (SSSR count). The molecule has 0 aliphatic heterocycles. The lowest BCUT2D eigenvalue weighted by Gasteiger charge is -2.11. The summed E-state index contributed by atoms with van der Waals surface area (Å²) in [6, 6.07) is 13.5. The zero-order valence-electron chi connectivity index (χ0n) is 11.4. The van der Waals surface area contributed by atoms with Crippen molar-refractivity contribution in [3.05, 3.63) is 59.9 Å². The molecule has 0 bridgehead atoms. The van der Waals surface area contributed by atoms with Gasteiger partial charge >= 0.3 is 0 Å². The zero-order chi connectivity index (χ0) is 14.5. The van der Waals surface area contributed by atoms with E-state index in [1.165, 1.54) is 6.07 Å². The van der Waals surface area contributed by atoms with Crippen molar-refractivity contribution in [1.29, 1.82) is 0 Å². The van der Waals surface area contributed by atoms with Crippen LogP contribution in [0.15, 0.2) is 53.4 Å². The molecule has 0 radical (unpaired) electrons. The van der Waals surface area contributed by atoms with Crippen molar-refractivity contribution >= 4 is 23.4 Å². The standard InChI is InChI=1S/C16H16FNOS/c1-11(2)20-15-10-6-3-7-12(15)16(19)18-14-9-5-4-8-13(14)17/h3-11H,1-2H3,(H,18,19). The maximum absolute atomic E-state index is 13.6. The van der Waals surface area contributed by atoms with Crippen LogP contribution in [0.4, 0.5) is 10.1 Å². The van der Waals surface area contributed by atoms with Crippen LogP contribution in [0, 0.1) is 5.82 Å². The highest BCUT2D eigenvalue weighted by molar-refractivity contribution is 8.00. The van der Waals surface area contributed by atoms with Crippen molar-refractivity contribution in [2.75, 3.05) is 5.32 Å². The molecule has 20 heavy (non-hydrogen) atoms. The van der Waals surface area contributed by atoms with Crippen LogP contribution >= 0.6 is 11.8 Å². The normalized spacial score (nSPS) is 10.6. The molecule has 0 aromatic heterocycles. The number of anilines is 1. The summed E-state index contributed by atoms with van der Waals surface area (Å²) in [6.07, 6.45) is 0. The van der Waals surface area contributed by atoms with Crippen molar-refractivity contribution in [2.45, 2.75) is 24.0 Å². The first kappa shape index (κ1) is 14.6. The van der Waals surface area contributed by atoms with Crippen LogP contribution in [0.25, 0.3) is 0 Å². The lowest BCUT2D eigenvalue weighted by atomic mass is 10.2. The number of benzene rings is 2. The molecule has 0 fully saturated rings. The average molecular weight is 289 g/mol. The number of hydrogen-bond acceptors (Lipinski definition) is 2. The van der Waals surface area contributed by atoms with Gasteiger partial charge in [0.05, 0.1) is 11.3 Å². The first-order chi connectivity index (χ1) is 9.58. The summed E-state index contributed by atoms with van der Waals surface area (Å²) in [5.41, 5.74) is 0.760. The first-order valence-electron chi connectivity index (χ1n) is 6.39. The van der Waals surface area contributed by atoms with E-state index < -0.39 is 5.82 Å². The predicted molar refractivity (Wildman–Crippen MR) is 81.8 cm³/mol. The van der Waals surface area contributed by atoms with Gasteiger partial charge in [0.15, 0.2) is 0 Å². The van der Waals surface area contributed by atoms with Gasteiger partial charge in [-0.2, -0.15) is 0 Å². The van der Waals surface area contributed by atoms with E-state index in [2.05, 4.69) is 19.2 Å². The number of nitrogens with one attached hydrogen (secondary N) is 1. The molecule has 2 nitrogen and oxygen atoms in total. The van der Waals surface area contributed by atoms with E-state index in [0.29, 0.717) is 10.8 Å². The van der Waals surface area contributed by atoms with Crippen LogP contribution in [-0.4, -0.2) is 11.2 Å². The van der Waals surface area contributed by atoms with E-state index in [1.54, 1.807) is 42.1 Å². The van der Waals surface area contributed by atoms with E-state index in [-0.39, 0.29) is 11.6 Å². The number of rotatable bonds is 4. The third-order valence-corrected chi connectivity index (χ3v) is 3.70. The Labute approximate surface area is 122 Å². The minimum absolute atomic E-state index is 0.196. The van der Waals surface area contributed by atoms with Crippen molar-refractivity contribution in [3.8, 4) is 0 Å². The third-order valence-electron chi connectivity index (χ3n) is 2.62. The van der Waals surface area contributed by atoms with Crippen LogP contribution in [0.2, 0.25) is 0 Å². The van der Waals surface area contributed by atoms with Gasteiger partial charge in [-0.3, -0.25) is 4.79 Å². The molecule has 0 aliphatic carbocycles. The number of amides is 1. The van der Waals surface area contributed by atoms with Gasteiger partial charge in [-0.15, -0.1) is 11.8 Å². The summed E-state index contributed by atoms with van der Waals surface area (Å²) in [7, 11) is 0. The summed E-state index contributed by atoms with van der Waals surface area (Å²) in [5, 5.41) is 2.99. The zero-order valence-corrected chi connectivity index (χ0v) is 12.2. The average Bonchev–Trinajstić information content (AvgIpc) is 2.41. The van der Waals surface area contributed by atoms with Crippen molar-refractivity contribution in [1.82, 2.24) is 0 Å². The molecule has 0 spiro atoms. The number of carbonyl (C=O) groups excluding carboxylic acids is 1. The molecule has 0 heterocycles. The Bertz CT molecular complexity index is 613. The Morgan fingerprint density at radius 3 is 2.45 bits per heavy atom. The van der Waals surface area contributed by atoms with Crippen molar-refractivity contribution in [2.24, 2.45) is 0 Å².